The minimum absolute atomic E-state index is 0.188. The van der Waals surface area contributed by atoms with Gasteiger partial charge in [-0.1, -0.05) is 153 Å². The summed E-state index contributed by atoms with van der Waals surface area (Å²) >= 11 is 0. The van der Waals surface area contributed by atoms with E-state index in [0.717, 1.165) is 55.0 Å². The van der Waals surface area contributed by atoms with E-state index in [4.69, 9.17) is 8.83 Å². The fraction of sp³-hybridized carbons (Fsp3) is 0.0566. The molecular weight excluding hydrogens is 669 g/mol. The SMILES string of the molecule is CC1(C)c2ccc(-c3cc4oc5ccccc5c4c4c3oc3ccccc34)cc2-c2ccc(-c3c4ccccc4c(-c4ccccc4)c4ccccc34)cc21. The highest BCUT2D eigenvalue weighted by Crippen LogP contribution is 2.53. The molecule has 0 unspecified atom stereocenters. The van der Waals surface area contributed by atoms with Crippen molar-refractivity contribution in [3.8, 4) is 44.5 Å². The summed E-state index contributed by atoms with van der Waals surface area (Å²) in [6, 6.07) is 61.6. The average Bonchev–Trinajstić information content (AvgIpc) is 3.87. The van der Waals surface area contributed by atoms with Crippen LogP contribution in [0, 0.1) is 0 Å². The average molecular weight is 703 g/mol. The normalized spacial score (nSPS) is 13.4. The lowest BCUT2D eigenvalue weighted by atomic mass is 9.80. The molecule has 2 nitrogen and oxygen atoms in total. The third kappa shape index (κ3) is 4.20. The van der Waals surface area contributed by atoms with Crippen LogP contribution in [0.4, 0.5) is 0 Å². The van der Waals surface area contributed by atoms with Gasteiger partial charge in [0.2, 0.25) is 0 Å². The summed E-state index contributed by atoms with van der Waals surface area (Å²) in [5.41, 5.74) is 15.8. The molecule has 1 aliphatic carbocycles. The minimum atomic E-state index is -0.188. The minimum Gasteiger partial charge on any atom is -0.456 e. The Balaban J connectivity index is 1.07. The summed E-state index contributed by atoms with van der Waals surface area (Å²) in [6.07, 6.45) is 0. The highest BCUT2D eigenvalue weighted by molar-refractivity contribution is 6.28. The van der Waals surface area contributed by atoms with Crippen molar-refractivity contribution >= 4 is 65.4 Å². The van der Waals surface area contributed by atoms with Gasteiger partial charge in [-0.2, -0.15) is 0 Å². The molecule has 0 saturated carbocycles. The maximum absolute atomic E-state index is 6.72. The predicted octanol–water partition coefficient (Wildman–Crippen LogP) is 15.1. The summed E-state index contributed by atoms with van der Waals surface area (Å²) in [7, 11) is 0. The molecule has 1 aliphatic rings. The molecule has 2 heterocycles. The fourth-order valence-electron chi connectivity index (χ4n) is 9.75. The summed E-state index contributed by atoms with van der Waals surface area (Å²) in [4.78, 5) is 0. The topological polar surface area (TPSA) is 26.3 Å². The van der Waals surface area contributed by atoms with Gasteiger partial charge in [0, 0.05) is 32.5 Å². The summed E-state index contributed by atoms with van der Waals surface area (Å²) < 4.78 is 13.3. The van der Waals surface area contributed by atoms with E-state index in [1.165, 1.54) is 66.1 Å². The Hall–Kier alpha value is -6.90. The first kappa shape index (κ1) is 30.6. The molecule has 0 radical (unpaired) electrons. The molecule has 0 atom stereocenters. The maximum Gasteiger partial charge on any atom is 0.144 e. The molecule has 0 amide bonds. The van der Waals surface area contributed by atoms with Gasteiger partial charge in [0.15, 0.2) is 0 Å². The van der Waals surface area contributed by atoms with Gasteiger partial charge < -0.3 is 8.83 Å². The Bertz CT molecular complexity index is 3340. The van der Waals surface area contributed by atoms with Gasteiger partial charge in [0.25, 0.3) is 0 Å². The molecule has 0 spiro atoms. The lowest BCUT2D eigenvalue weighted by Gasteiger charge is -2.23. The van der Waals surface area contributed by atoms with Crippen LogP contribution in [0.1, 0.15) is 25.0 Å². The van der Waals surface area contributed by atoms with Gasteiger partial charge in [-0.15, -0.1) is 0 Å². The van der Waals surface area contributed by atoms with Crippen LogP contribution in [0.15, 0.2) is 179 Å². The standard InChI is InChI=1S/C53H34O2/c1-53(2)43-27-25-32(41-30-47-50(39-20-10-12-22-45(39)54-47)51-40-21-11-13-23-46(40)55-52(41)51)28-42(43)34-26-24-33(29-44(34)53)49-37-18-8-6-16-35(37)48(31-14-4-3-5-15-31)36-17-7-9-19-38(36)49/h3-30H,1-2H3. The predicted molar refractivity (Wildman–Crippen MR) is 230 cm³/mol. The number of fused-ring (bicyclic) bond motifs is 12. The van der Waals surface area contributed by atoms with Crippen LogP contribution in [0.25, 0.3) is 110 Å². The summed E-state index contributed by atoms with van der Waals surface area (Å²) in [5.74, 6) is 0. The zero-order valence-electron chi connectivity index (χ0n) is 30.5. The Labute approximate surface area is 317 Å². The molecule has 2 heteroatoms. The highest BCUT2D eigenvalue weighted by atomic mass is 16.3. The van der Waals surface area contributed by atoms with E-state index in [1.807, 2.05) is 12.1 Å². The van der Waals surface area contributed by atoms with E-state index in [0.29, 0.717) is 0 Å². The Morgan fingerprint density at radius 1 is 0.345 bits per heavy atom. The molecule has 12 rings (SSSR count). The van der Waals surface area contributed by atoms with Gasteiger partial charge in [0.1, 0.15) is 22.3 Å². The van der Waals surface area contributed by atoms with Gasteiger partial charge in [-0.25, -0.2) is 0 Å². The van der Waals surface area contributed by atoms with Crippen LogP contribution in [0.3, 0.4) is 0 Å². The summed E-state index contributed by atoms with van der Waals surface area (Å²) in [6.45, 7) is 4.74. The smallest absolute Gasteiger partial charge is 0.144 e. The van der Waals surface area contributed by atoms with Gasteiger partial charge in [-0.05, 0) is 102 Å². The van der Waals surface area contributed by atoms with E-state index in [9.17, 15) is 0 Å². The van der Waals surface area contributed by atoms with E-state index >= 15 is 0 Å². The number of furan rings is 2. The third-order valence-corrected chi connectivity index (χ3v) is 12.3. The molecule has 0 fully saturated rings. The lowest BCUT2D eigenvalue weighted by molar-refractivity contribution is 0.660. The Morgan fingerprint density at radius 3 is 1.56 bits per heavy atom. The maximum atomic E-state index is 6.72. The van der Waals surface area contributed by atoms with Crippen molar-refractivity contribution < 1.29 is 8.83 Å². The van der Waals surface area contributed by atoms with Crippen LogP contribution in [-0.2, 0) is 5.41 Å². The van der Waals surface area contributed by atoms with Crippen LogP contribution in [-0.4, -0.2) is 0 Å². The second-order valence-corrected chi connectivity index (χ2v) is 15.6. The molecule has 0 bridgehead atoms. The highest BCUT2D eigenvalue weighted by Gasteiger charge is 2.36. The van der Waals surface area contributed by atoms with E-state index < -0.39 is 0 Å². The first-order valence-corrected chi connectivity index (χ1v) is 19.1. The van der Waals surface area contributed by atoms with Crippen LogP contribution < -0.4 is 0 Å². The number of hydrogen-bond acceptors (Lipinski definition) is 2. The quantitative estimate of drug-likeness (QED) is 0.171. The number of benzene rings is 9. The molecule has 55 heavy (non-hydrogen) atoms. The van der Waals surface area contributed by atoms with Gasteiger partial charge in [0.05, 0.1) is 0 Å². The third-order valence-electron chi connectivity index (χ3n) is 12.3. The Morgan fingerprint density at radius 2 is 0.891 bits per heavy atom. The second-order valence-electron chi connectivity index (χ2n) is 15.6. The van der Waals surface area contributed by atoms with Gasteiger partial charge in [-0.3, -0.25) is 0 Å². The molecule has 9 aromatic carbocycles. The molecule has 258 valence electrons. The van der Waals surface area contributed by atoms with Crippen LogP contribution in [0.5, 0.6) is 0 Å². The fourth-order valence-corrected chi connectivity index (χ4v) is 9.75. The van der Waals surface area contributed by atoms with E-state index in [1.54, 1.807) is 0 Å². The number of para-hydroxylation sites is 2. The van der Waals surface area contributed by atoms with Crippen molar-refractivity contribution in [3.63, 3.8) is 0 Å². The molecule has 0 saturated heterocycles. The molecule has 0 N–H and O–H groups in total. The zero-order chi connectivity index (χ0) is 36.4. The van der Waals surface area contributed by atoms with Crippen molar-refractivity contribution in [2.75, 3.05) is 0 Å². The number of hydrogen-bond donors (Lipinski definition) is 0. The van der Waals surface area contributed by atoms with E-state index in [-0.39, 0.29) is 5.41 Å². The van der Waals surface area contributed by atoms with Crippen molar-refractivity contribution in [1.82, 2.24) is 0 Å². The summed E-state index contributed by atoms with van der Waals surface area (Å²) in [5, 5.41) is 9.51. The molecule has 11 aromatic rings. The van der Waals surface area contributed by atoms with Crippen molar-refractivity contribution in [3.05, 3.63) is 181 Å². The molecule has 2 aromatic heterocycles. The first-order chi connectivity index (χ1) is 27.0. The van der Waals surface area contributed by atoms with Crippen molar-refractivity contribution in [2.24, 2.45) is 0 Å². The Kier molecular flexibility index (Phi) is 6.15. The van der Waals surface area contributed by atoms with Crippen molar-refractivity contribution in [2.45, 2.75) is 19.3 Å². The van der Waals surface area contributed by atoms with E-state index in [2.05, 4.69) is 172 Å². The molecule has 0 aliphatic heterocycles. The number of rotatable bonds is 3. The van der Waals surface area contributed by atoms with Crippen LogP contribution >= 0.6 is 0 Å². The molecular formula is C53H34O2. The van der Waals surface area contributed by atoms with Crippen molar-refractivity contribution in [1.29, 1.82) is 0 Å². The first-order valence-electron chi connectivity index (χ1n) is 19.1. The zero-order valence-corrected chi connectivity index (χ0v) is 30.5. The van der Waals surface area contributed by atoms with Gasteiger partial charge >= 0.3 is 0 Å². The second kappa shape index (κ2) is 11.1. The van der Waals surface area contributed by atoms with Crippen LogP contribution in [0.2, 0.25) is 0 Å². The lowest BCUT2D eigenvalue weighted by Crippen LogP contribution is -2.15. The largest absolute Gasteiger partial charge is 0.456 e. The monoisotopic (exact) mass is 702 g/mol.